The predicted molar refractivity (Wildman–Crippen MR) is 90.9 cm³/mol. The zero-order valence-corrected chi connectivity index (χ0v) is 14.4. The minimum Gasteiger partial charge on any atom is -0.496 e. The fraction of sp³-hybridized carbons (Fsp3) is 0.375. The maximum absolute atomic E-state index is 6.09. The summed E-state index contributed by atoms with van der Waals surface area (Å²) in [6.07, 6.45) is 1.11. The number of benzene rings is 1. The molecule has 1 aromatic carbocycles. The first-order chi connectivity index (χ1) is 10.2. The normalized spacial score (nSPS) is 16.5. The van der Waals surface area contributed by atoms with Crippen molar-refractivity contribution in [3.63, 3.8) is 0 Å². The Labute approximate surface area is 137 Å². The molecule has 1 aromatic heterocycles. The van der Waals surface area contributed by atoms with Gasteiger partial charge < -0.3 is 10.5 Å². The molecule has 1 aliphatic rings. The second-order valence-electron chi connectivity index (χ2n) is 5.23. The van der Waals surface area contributed by atoms with Gasteiger partial charge in [0, 0.05) is 34.5 Å². The van der Waals surface area contributed by atoms with Crippen LogP contribution in [0.25, 0.3) is 0 Å². The summed E-state index contributed by atoms with van der Waals surface area (Å²) < 4.78 is 6.59. The first-order valence-electron chi connectivity index (χ1n) is 7.05. The van der Waals surface area contributed by atoms with Crippen LogP contribution in [0.5, 0.6) is 5.75 Å². The van der Waals surface area contributed by atoms with E-state index in [-0.39, 0.29) is 6.04 Å². The molecule has 1 unspecified atom stereocenters. The molecule has 2 aromatic rings. The maximum atomic E-state index is 6.09. The second kappa shape index (κ2) is 6.48. The lowest BCUT2D eigenvalue weighted by molar-refractivity contribution is 0.181. The molecule has 1 aliphatic heterocycles. The third kappa shape index (κ3) is 3.01. The topological polar surface area (TPSA) is 38.5 Å². The van der Waals surface area contributed by atoms with Gasteiger partial charge in [-0.3, -0.25) is 4.90 Å². The summed E-state index contributed by atoms with van der Waals surface area (Å²) in [5, 5.41) is 2.19. The van der Waals surface area contributed by atoms with E-state index >= 15 is 0 Å². The lowest BCUT2D eigenvalue weighted by atomic mass is 10.0. The van der Waals surface area contributed by atoms with Crippen molar-refractivity contribution in [3.05, 3.63) is 50.1 Å². The van der Waals surface area contributed by atoms with E-state index in [0.29, 0.717) is 6.54 Å². The van der Waals surface area contributed by atoms with Crippen LogP contribution >= 0.6 is 27.3 Å². The molecule has 0 bridgehead atoms. The number of nitrogens with two attached hydrogens (primary N) is 1. The third-order valence-electron chi connectivity index (χ3n) is 4.05. The van der Waals surface area contributed by atoms with Crippen molar-refractivity contribution in [3.8, 4) is 5.75 Å². The highest BCUT2D eigenvalue weighted by Crippen LogP contribution is 2.35. The second-order valence-corrected chi connectivity index (χ2v) is 7.14. The van der Waals surface area contributed by atoms with Crippen molar-refractivity contribution in [2.24, 2.45) is 5.73 Å². The van der Waals surface area contributed by atoms with E-state index in [1.54, 1.807) is 7.11 Å². The van der Waals surface area contributed by atoms with Crippen LogP contribution in [-0.4, -0.2) is 25.1 Å². The number of halogens is 1. The van der Waals surface area contributed by atoms with Gasteiger partial charge in [0.1, 0.15) is 5.75 Å². The van der Waals surface area contributed by atoms with Gasteiger partial charge in [0.15, 0.2) is 0 Å². The maximum Gasteiger partial charge on any atom is 0.123 e. The molecule has 0 fully saturated rings. The lowest BCUT2D eigenvalue weighted by Crippen LogP contribution is -2.37. The predicted octanol–water partition coefficient (Wildman–Crippen LogP) is 3.58. The summed E-state index contributed by atoms with van der Waals surface area (Å²) in [5.41, 5.74) is 8.70. The summed E-state index contributed by atoms with van der Waals surface area (Å²) in [5.74, 6) is 0.907. The van der Waals surface area contributed by atoms with Gasteiger partial charge in [-0.15, -0.1) is 11.3 Å². The fourth-order valence-electron chi connectivity index (χ4n) is 2.97. The van der Waals surface area contributed by atoms with Gasteiger partial charge >= 0.3 is 0 Å². The molecule has 2 N–H and O–H groups in total. The van der Waals surface area contributed by atoms with Gasteiger partial charge in [-0.1, -0.05) is 15.9 Å². The average Bonchev–Trinajstić information content (AvgIpc) is 2.96. The molecular weight excluding hydrogens is 348 g/mol. The molecule has 0 spiro atoms. The van der Waals surface area contributed by atoms with Crippen LogP contribution in [0, 0.1) is 0 Å². The molecule has 0 amide bonds. The molecule has 2 heterocycles. The highest BCUT2D eigenvalue weighted by Gasteiger charge is 2.26. The molecule has 3 nitrogen and oxygen atoms in total. The number of thiophene rings is 1. The van der Waals surface area contributed by atoms with Gasteiger partial charge in [0.05, 0.1) is 13.2 Å². The Bertz CT molecular complexity index is 628. The van der Waals surface area contributed by atoms with Crippen molar-refractivity contribution in [1.29, 1.82) is 0 Å². The molecule has 5 heteroatoms. The van der Waals surface area contributed by atoms with Gasteiger partial charge in [0.2, 0.25) is 0 Å². The van der Waals surface area contributed by atoms with E-state index in [1.165, 1.54) is 10.4 Å². The largest absolute Gasteiger partial charge is 0.496 e. The Morgan fingerprint density at radius 2 is 2.29 bits per heavy atom. The van der Waals surface area contributed by atoms with Crippen LogP contribution < -0.4 is 10.5 Å². The summed E-state index contributed by atoms with van der Waals surface area (Å²) in [6, 6.07) is 8.55. The first kappa shape index (κ1) is 15.0. The molecule has 3 rings (SSSR count). The Morgan fingerprint density at radius 3 is 3.05 bits per heavy atom. The van der Waals surface area contributed by atoms with Gasteiger partial charge in [-0.25, -0.2) is 0 Å². The SMILES string of the molecule is COc1ccc(Br)cc1C(CN)N1CCc2sccc2C1. The Morgan fingerprint density at radius 1 is 1.43 bits per heavy atom. The van der Waals surface area contributed by atoms with E-state index in [2.05, 4.69) is 38.3 Å². The minimum absolute atomic E-state index is 0.186. The third-order valence-corrected chi connectivity index (χ3v) is 5.57. The standard InChI is InChI=1S/C16H19BrN2OS/c1-20-15-3-2-12(17)8-13(15)14(9-18)19-6-4-16-11(10-19)5-7-21-16/h2-3,5,7-8,14H,4,6,9-10,18H2,1H3. The fourth-order valence-corrected chi connectivity index (χ4v) is 4.24. The number of nitrogens with zero attached hydrogens (tertiary/aromatic N) is 1. The molecule has 1 atom stereocenters. The molecule has 0 saturated carbocycles. The van der Waals surface area contributed by atoms with Gasteiger partial charge in [-0.2, -0.15) is 0 Å². The lowest BCUT2D eigenvalue weighted by Gasteiger charge is -2.34. The molecular formula is C16H19BrN2OS. The van der Waals surface area contributed by atoms with Gasteiger partial charge in [-0.05, 0) is 41.6 Å². The van der Waals surface area contributed by atoms with Crippen molar-refractivity contribution >= 4 is 27.3 Å². The molecule has 21 heavy (non-hydrogen) atoms. The van der Waals surface area contributed by atoms with E-state index in [9.17, 15) is 0 Å². The molecule has 0 saturated heterocycles. The van der Waals surface area contributed by atoms with E-state index in [4.69, 9.17) is 10.5 Å². The number of rotatable bonds is 4. The number of ether oxygens (including phenoxy) is 1. The van der Waals surface area contributed by atoms with Crippen molar-refractivity contribution < 1.29 is 4.74 Å². The zero-order valence-electron chi connectivity index (χ0n) is 12.0. The van der Waals surface area contributed by atoms with E-state index in [1.807, 2.05) is 23.5 Å². The van der Waals surface area contributed by atoms with Gasteiger partial charge in [0.25, 0.3) is 0 Å². The monoisotopic (exact) mass is 366 g/mol. The van der Waals surface area contributed by atoms with Crippen LogP contribution in [0.4, 0.5) is 0 Å². The number of hydrogen-bond acceptors (Lipinski definition) is 4. The summed E-state index contributed by atoms with van der Waals surface area (Å²) >= 11 is 5.42. The average molecular weight is 367 g/mol. The highest BCUT2D eigenvalue weighted by atomic mass is 79.9. The summed E-state index contributed by atoms with van der Waals surface area (Å²) in [4.78, 5) is 3.97. The van der Waals surface area contributed by atoms with Crippen LogP contribution in [-0.2, 0) is 13.0 Å². The molecule has 112 valence electrons. The van der Waals surface area contributed by atoms with Crippen molar-refractivity contribution in [2.75, 3.05) is 20.2 Å². The number of methoxy groups -OCH3 is 1. The van der Waals surface area contributed by atoms with E-state index in [0.717, 1.165) is 35.3 Å². The Hall–Kier alpha value is -0.880. The van der Waals surface area contributed by atoms with Crippen LogP contribution in [0.2, 0.25) is 0 Å². The first-order valence-corrected chi connectivity index (χ1v) is 8.73. The van der Waals surface area contributed by atoms with Crippen LogP contribution in [0.15, 0.2) is 34.1 Å². The minimum atomic E-state index is 0.186. The number of hydrogen-bond donors (Lipinski definition) is 1. The quantitative estimate of drug-likeness (QED) is 0.898. The van der Waals surface area contributed by atoms with Crippen molar-refractivity contribution in [2.45, 2.75) is 19.0 Å². The zero-order chi connectivity index (χ0) is 14.8. The Balaban J connectivity index is 1.91. The van der Waals surface area contributed by atoms with Crippen LogP contribution in [0.1, 0.15) is 22.0 Å². The van der Waals surface area contributed by atoms with E-state index < -0.39 is 0 Å². The van der Waals surface area contributed by atoms with Crippen LogP contribution in [0.3, 0.4) is 0 Å². The molecule has 0 aliphatic carbocycles. The summed E-state index contributed by atoms with van der Waals surface area (Å²) in [6.45, 7) is 2.60. The molecule has 0 radical (unpaired) electrons. The smallest absolute Gasteiger partial charge is 0.123 e. The summed E-state index contributed by atoms with van der Waals surface area (Å²) in [7, 11) is 1.72. The highest BCUT2D eigenvalue weighted by molar-refractivity contribution is 9.10. The Kier molecular flexibility index (Phi) is 4.64. The number of fused-ring (bicyclic) bond motifs is 1. The van der Waals surface area contributed by atoms with Crippen molar-refractivity contribution in [1.82, 2.24) is 4.90 Å².